The van der Waals surface area contributed by atoms with E-state index in [1.54, 1.807) is 10.5 Å². The summed E-state index contributed by atoms with van der Waals surface area (Å²) in [6, 6.07) is 0.129. The van der Waals surface area contributed by atoms with E-state index in [0.717, 1.165) is 38.1 Å². The number of imidazole rings is 1. The van der Waals surface area contributed by atoms with Gasteiger partial charge in [-0.2, -0.15) is 4.31 Å². The van der Waals surface area contributed by atoms with Gasteiger partial charge in [-0.05, 0) is 26.7 Å². The molecule has 1 saturated carbocycles. The first kappa shape index (κ1) is 16.0. The van der Waals surface area contributed by atoms with Gasteiger partial charge in [-0.1, -0.05) is 28.8 Å². The highest BCUT2D eigenvalue weighted by Gasteiger charge is 2.34. The summed E-state index contributed by atoms with van der Waals surface area (Å²) in [7, 11) is -3.49. The Morgan fingerprint density at radius 3 is 2.60 bits per heavy atom. The van der Waals surface area contributed by atoms with Gasteiger partial charge in [0, 0.05) is 30.7 Å². The van der Waals surface area contributed by atoms with Crippen molar-refractivity contribution in [1.82, 2.24) is 13.9 Å². The van der Waals surface area contributed by atoms with Crippen LogP contribution >= 0.6 is 15.9 Å². The molecule has 1 fully saturated rings. The standard InChI is InChI=1S/C13H22BrN3O2S/c1-3-16-10-13(15-11(16)2)20(18,19)17(9-8-14)12-6-4-5-7-12/h10,12H,3-9H2,1-2H3. The maximum absolute atomic E-state index is 12.8. The molecule has 1 heterocycles. The van der Waals surface area contributed by atoms with Gasteiger partial charge in [0.15, 0.2) is 5.03 Å². The molecule has 0 aliphatic heterocycles. The van der Waals surface area contributed by atoms with Crippen LogP contribution in [0.2, 0.25) is 0 Å². The first-order valence-electron chi connectivity index (χ1n) is 7.12. The van der Waals surface area contributed by atoms with Crippen LogP contribution < -0.4 is 0 Å². The second-order valence-corrected chi connectivity index (χ2v) is 7.79. The fourth-order valence-corrected chi connectivity index (χ4v) is 5.12. The number of nitrogens with zero attached hydrogens (tertiary/aromatic N) is 3. The summed E-state index contributed by atoms with van der Waals surface area (Å²) >= 11 is 3.36. The molecule has 7 heteroatoms. The molecule has 2 rings (SSSR count). The number of aryl methyl sites for hydroxylation is 2. The van der Waals surface area contributed by atoms with Gasteiger partial charge in [-0.3, -0.25) is 0 Å². The summed E-state index contributed by atoms with van der Waals surface area (Å²) in [4.78, 5) is 4.25. The quantitative estimate of drug-likeness (QED) is 0.729. The van der Waals surface area contributed by atoms with Crippen molar-refractivity contribution in [2.45, 2.75) is 57.1 Å². The predicted octanol–water partition coefficient (Wildman–Crippen LogP) is 2.54. The summed E-state index contributed by atoms with van der Waals surface area (Å²) in [5.41, 5.74) is 0. The van der Waals surface area contributed by atoms with Crippen LogP contribution in [0.25, 0.3) is 0 Å². The van der Waals surface area contributed by atoms with Crippen LogP contribution in [0, 0.1) is 6.92 Å². The fourth-order valence-electron chi connectivity index (χ4n) is 2.82. The Hall–Kier alpha value is -0.400. The molecule has 0 unspecified atom stereocenters. The van der Waals surface area contributed by atoms with Crippen molar-refractivity contribution < 1.29 is 8.42 Å². The van der Waals surface area contributed by atoms with E-state index >= 15 is 0 Å². The molecule has 1 aromatic rings. The number of alkyl halides is 1. The van der Waals surface area contributed by atoms with Gasteiger partial charge in [0.05, 0.1) is 0 Å². The highest BCUT2D eigenvalue weighted by molar-refractivity contribution is 9.09. The Morgan fingerprint density at radius 1 is 1.45 bits per heavy atom. The van der Waals surface area contributed by atoms with E-state index in [2.05, 4.69) is 20.9 Å². The largest absolute Gasteiger partial charge is 0.334 e. The molecule has 114 valence electrons. The van der Waals surface area contributed by atoms with E-state index in [1.807, 2.05) is 18.4 Å². The van der Waals surface area contributed by atoms with Gasteiger partial charge in [-0.15, -0.1) is 0 Å². The Kier molecular flexibility index (Phi) is 5.25. The molecule has 0 radical (unpaired) electrons. The van der Waals surface area contributed by atoms with E-state index in [4.69, 9.17) is 0 Å². The molecule has 0 spiro atoms. The highest BCUT2D eigenvalue weighted by atomic mass is 79.9. The summed E-state index contributed by atoms with van der Waals surface area (Å²) in [5, 5.41) is 0.834. The summed E-state index contributed by atoms with van der Waals surface area (Å²) < 4.78 is 29.1. The van der Waals surface area contributed by atoms with E-state index in [0.29, 0.717) is 11.9 Å². The Morgan fingerprint density at radius 2 is 2.10 bits per heavy atom. The van der Waals surface area contributed by atoms with Crippen molar-refractivity contribution in [3.8, 4) is 0 Å². The summed E-state index contributed by atoms with van der Waals surface area (Å²) in [6.45, 7) is 5.06. The minimum Gasteiger partial charge on any atom is -0.334 e. The van der Waals surface area contributed by atoms with Crippen molar-refractivity contribution in [2.75, 3.05) is 11.9 Å². The number of rotatable bonds is 6. The van der Waals surface area contributed by atoms with Crippen molar-refractivity contribution in [2.24, 2.45) is 0 Å². The number of hydrogen-bond acceptors (Lipinski definition) is 3. The molecule has 1 aliphatic rings. The molecule has 0 N–H and O–H groups in total. The van der Waals surface area contributed by atoms with Crippen LogP contribution in [0.5, 0.6) is 0 Å². The maximum Gasteiger partial charge on any atom is 0.262 e. The van der Waals surface area contributed by atoms with E-state index < -0.39 is 10.0 Å². The van der Waals surface area contributed by atoms with E-state index in [1.165, 1.54) is 0 Å². The van der Waals surface area contributed by atoms with E-state index in [9.17, 15) is 8.42 Å². The third-order valence-corrected chi connectivity index (χ3v) is 6.08. The second kappa shape index (κ2) is 6.58. The molecule has 1 aromatic heterocycles. The molecule has 1 aliphatic carbocycles. The molecule has 20 heavy (non-hydrogen) atoms. The van der Waals surface area contributed by atoms with Gasteiger partial charge in [0.1, 0.15) is 5.82 Å². The van der Waals surface area contributed by atoms with Crippen LogP contribution in [0.1, 0.15) is 38.4 Å². The van der Waals surface area contributed by atoms with Gasteiger partial charge in [0.2, 0.25) is 0 Å². The first-order valence-corrected chi connectivity index (χ1v) is 9.68. The topological polar surface area (TPSA) is 55.2 Å². The lowest BCUT2D eigenvalue weighted by Gasteiger charge is -2.26. The molecular formula is C13H22BrN3O2S. The molecule has 0 atom stereocenters. The highest BCUT2D eigenvalue weighted by Crippen LogP contribution is 2.28. The van der Waals surface area contributed by atoms with Crippen molar-refractivity contribution >= 4 is 26.0 Å². The van der Waals surface area contributed by atoms with Gasteiger partial charge < -0.3 is 4.57 Å². The summed E-state index contributed by atoms with van der Waals surface area (Å²) in [5.74, 6) is 0.747. The van der Waals surface area contributed by atoms with Crippen LogP contribution in [0.15, 0.2) is 11.2 Å². The zero-order valence-corrected chi connectivity index (χ0v) is 14.5. The Labute approximate surface area is 129 Å². The molecular weight excluding hydrogens is 342 g/mol. The van der Waals surface area contributed by atoms with Crippen LogP contribution in [-0.2, 0) is 16.6 Å². The molecule has 5 nitrogen and oxygen atoms in total. The van der Waals surface area contributed by atoms with Gasteiger partial charge in [0.25, 0.3) is 10.0 Å². The Balaban J connectivity index is 2.33. The predicted molar refractivity (Wildman–Crippen MR) is 82.6 cm³/mol. The zero-order chi connectivity index (χ0) is 14.8. The van der Waals surface area contributed by atoms with Crippen molar-refractivity contribution in [3.05, 3.63) is 12.0 Å². The SMILES string of the molecule is CCn1cc(S(=O)(=O)N(CCBr)C2CCCC2)nc1C. The lowest BCUT2D eigenvalue weighted by molar-refractivity contribution is 0.337. The normalized spacial score (nSPS) is 17.2. The number of sulfonamides is 1. The molecule has 0 aromatic carbocycles. The minimum atomic E-state index is -3.49. The third kappa shape index (κ3) is 3.09. The van der Waals surface area contributed by atoms with Crippen LogP contribution in [-0.4, -0.2) is 40.2 Å². The van der Waals surface area contributed by atoms with Crippen LogP contribution in [0.4, 0.5) is 0 Å². The monoisotopic (exact) mass is 363 g/mol. The zero-order valence-electron chi connectivity index (χ0n) is 12.0. The average Bonchev–Trinajstić information content (AvgIpc) is 3.04. The van der Waals surface area contributed by atoms with Gasteiger partial charge in [-0.25, -0.2) is 13.4 Å². The molecule has 0 amide bonds. The first-order chi connectivity index (χ1) is 9.50. The molecule has 0 bridgehead atoms. The van der Waals surface area contributed by atoms with Crippen LogP contribution in [0.3, 0.4) is 0 Å². The summed E-state index contributed by atoms with van der Waals surface area (Å²) in [6.07, 6.45) is 5.79. The minimum absolute atomic E-state index is 0.129. The number of aromatic nitrogens is 2. The van der Waals surface area contributed by atoms with Crippen molar-refractivity contribution in [3.63, 3.8) is 0 Å². The lowest BCUT2D eigenvalue weighted by atomic mass is 10.2. The van der Waals surface area contributed by atoms with Gasteiger partial charge >= 0.3 is 0 Å². The fraction of sp³-hybridized carbons (Fsp3) is 0.769. The molecule has 0 saturated heterocycles. The number of hydrogen-bond donors (Lipinski definition) is 0. The smallest absolute Gasteiger partial charge is 0.262 e. The van der Waals surface area contributed by atoms with Crippen molar-refractivity contribution in [1.29, 1.82) is 0 Å². The lowest BCUT2D eigenvalue weighted by Crippen LogP contribution is -2.40. The average molecular weight is 364 g/mol. The van der Waals surface area contributed by atoms with E-state index in [-0.39, 0.29) is 11.1 Å². The maximum atomic E-state index is 12.8. The Bertz CT molecular complexity index is 550. The number of halogens is 1. The second-order valence-electron chi connectivity index (χ2n) is 5.16. The third-order valence-electron chi connectivity index (χ3n) is 3.90.